The summed E-state index contributed by atoms with van der Waals surface area (Å²) < 4.78 is 31.9. The first-order chi connectivity index (χ1) is 11.0. The van der Waals surface area contributed by atoms with Gasteiger partial charge in [-0.05, 0) is 47.7 Å². The molecule has 0 aliphatic carbocycles. The molecule has 2 rings (SSSR count). The molecule has 7 heteroatoms. The number of benzene rings is 2. The third-order valence-corrected chi connectivity index (χ3v) is 4.56. The first-order valence-corrected chi connectivity index (χ1v) is 8.76. The van der Waals surface area contributed by atoms with E-state index >= 15 is 0 Å². The average Bonchev–Trinajstić information content (AvgIpc) is 2.45. The van der Waals surface area contributed by atoms with E-state index < -0.39 is 10.1 Å². The van der Waals surface area contributed by atoms with Crippen LogP contribution in [0.5, 0.6) is 5.75 Å². The van der Waals surface area contributed by atoms with E-state index in [-0.39, 0.29) is 27.4 Å². The van der Waals surface area contributed by atoms with Crippen LogP contribution in [-0.2, 0) is 15.5 Å². The Morgan fingerprint density at radius 1 is 1.00 bits per heavy atom. The third-order valence-electron chi connectivity index (χ3n) is 3.56. The molecule has 2 aromatic carbocycles. The van der Waals surface area contributed by atoms with Crippen molar-refractivity contribution >= 4 is 21.5 Å². The molecule has 0 fully saturated rings. The highest BCUT2D eigenvalue weighted by atomic mass is 32.2. The first-order valence-electron chi connectivity index (χ1n) is 7.32. The molecule has 0 radical (unpaired) electrons. The van der Waals surface area contributed by atoms with Gasteiger partial charge in [-0.25, -0.2) is 0 Å². The van der Waals surface area contributed by atoms with Crippen molar-refractivity contribution in [3.8, 4) is 5.75 Å². The van der Waals surface area contributed by atoms with Crippen LogP contribution < -0.4 is 0 Å². The molecule has 0 heterocycles. The Kier molecular flexibility index (Phi) is 4.77. The van der Waals surface area contributed by atoms with E-state index in [1.807, 2.05) is 26.8 Å². The van der Waals surface area contributed by atoms with Crippen molar-refractivity contribution in [3.05, 3.63) is 47.5 Å². The minimum Gasteiger partial charge on any atom is -0.506 e. The molecule has 0 saturated carbocycles. The molecular formula is C17H20N2O4S. The van der Waals surface area contributed by atoms with E-state index in [1.165, 1.54) is 12.1 Å². The number of phenolic OH excluding ortho intramolecular Hbond substituents is 1. The molecule has 0 saturated heterocycles. The predicted octanol–water partition coefficient (Wildman–Crippen LogP) is 4.66. The molecule has 0 aromatic heterocycles. The monoisotopic (exact) mass is 348 g/mol. The molecule has 0 atom stereocenters. The minimum absolute atomic E-state index is 0.0196. The highest BCUT2D eigenvalue weighted by Gasteiger charge is 2.16. The highest BCUT2D eigenvalue weighted by Crippen LogP contribution is 2.34. The first kappa shape index (κ1) is 18.1. The van der Waals surface area contributed by atoms with Gasteiger partial charge >= 0.3 is 0 Å². The normalized spacial score (nSPS) is 12.7. The van der Waals surface area contributed by atoms with Crippen molar-refractivity contribution < 1.29 is 18.1 Å². The summed E-state index contributed by atoms with van der Waals surface area (Å²) in [4.78, 5) is -0.216. The zero-order chi connectivity index (χ0) is 18.1. The van der Waals surface area contributed by atoms with Crippen LogP contribution in [0.15, 0.2) is 51.5 Å². The maximum Gasteiger partial charge on any atom is 0.294 e. The second kappa shape index (κ2) is 6.33. The second-order valence-corrected chi connectivity index (χ2v) is 7.97. The van der Waals surface area contributed by atoms with Crippen LogP contribution in [0.3, 0.4) is 0 Å². The van der Waals surface area contributed by atoms with Crippen molar-refractivity contribution in [1.29, 1.82) is 0 Å². The Morgan fingerprint density at radius 3 is 2.25 bits per heavy atom. The summed E-state index contributed by atoms with van der Waals surface area (Å²) in [5.41, 5.74) is 1.83. The number of phenols is 1. The van der Waals surface area contributed by atoms with Crippen LogP contribution in [-0.4, -0.2) is 18.1 Å². The number of hydrogen-bond donors (Lipinski definition) is 2. The van der Waals surface area contributed by atoms with Crippen LogP contribution in [0.4, 0.5) is 11.4 Å². The molecule has 2 N–H and O–H groups in total. The molecule has 0 unspecified atom stereocenters. The van der Waals surface area contributed by atoms with Gasteiger partial charge < -0.3 is 5.11 Å². The number of aromatic hydroxyl groups is 1. The summed E-state index contributed by atoms with van der Waals surface area (Å²) in [5.74, 6) is -0.0196. The molecule has 0 aliphatic heterocycles. The number of azo groups is 1. The maximum absolute atomic E-state index is 11.3. The summed E-state index contributed by atoms with van der Waals surface area (Å²) in [5, 5.41) is 17.9. The molecule has 2 aromatic rings. The fourth-order valence-corrected chi connectivity index (χ4v) is 2.86. The lowest BCUT2D eigenvalue weighted by Crippen LogP contribution is -2.10. The van der Waals surface area contributed by atoms with Gasteiger partial charge in [0.1, 0.15) is 11.4 Å². The van der Waals surface area contributed by atoms with Gasteiger partial charge in [0.15, 0.2) is 0 Å². The SMILES string of the molecule is Cc1ccc(N=Nc2cc(C(C)(C)C)ccc2O)cc1S(=O)(=O)O. The van der Waals surface area contributed by atoms with Crippen LogP contribution in [0.2, 0.25) is 0 Å². The highest BCUT2D eigenvalue weighted by molar-refractivity contribution is 7.85. The standard InChI is InChI=1S/C17H20N2O4S/c1-11-5-7-13(10-16(11)24(21,22)23)18-19-14-9-12(17(2,3)4)6-8-15(14)20/h5-10,20H,1-4H3,(H,21,22,23). The van der Waals surface area contributed by atoms with Crippen LogP contribution in [0, 0.1) is 6.92 Å². The Hall–Kier alpha value is -2.25. The van der Waals surface area contributed by atoms with Gasteiger partial charge in [0.05, 0.1) is 10.6 Å². The Bertz CT molecular complexity index is 897. The lowest BCUT2D eigenvalue weighted by molar-refractivity contribution is 0.475. The zero-order valence-corrected chi connectivity index (χ0v) is 14.8. The average molecular weight is 348 g/mol. The van der Waals surface area contributed by atoms with Gasteiger partial charge in [-0.1, -0.05) is 32.9 Å². The van der Waals surface area contributed by atoms with Crippen LogP contribution in [0.1, 0.15) is 31.9 Å². The second-order valence-electron chi connectivity index (χ2n) is 6.58. The van der Waals surface area contributed by atoms with Crippen molar-refractivity contribution in [2.24, 2.45) is 10.2 Å². The largest absolute Gasteiger partial charge is 0.506 e. The van der Waals surface area contributed by atoms with E-state index in [4.69, 9.17) is 0 Å². The number of rotatable bonds is 3. The lowest BCUT2D eigenvalue weighted by atomic mass is 9.87. The van der Waals surface area contributed by atoms with E-state index in [0.717, 1.165) is 5.56 Å². The quantitative estimate of drug-likeness (QED) is 0.622. The summed E-state index contributed by atoms with van der Waals surface area (Å²) in [6.45, 7) is 7.69. The topological polar surface area (TPSA) is 99.3 Å². The van der Waals surface area contributed by atoms with Crippen LogP contribution in [0.25, 0.3) is 0 Å². The van der Waals surface area contributed by atoms with E-state index in [9.17, 15) is 18.1 Å². The number of aryl methyl sites for hydroxylation is 1. The Morgan fingerprint density at radius 2 is 1.67 bits per heavy atom. The molecule has 24 heavy (non-hydrogen) atoms. The minimum atomic E-state index is -4.32. The molecule has 128 valence electrons. The molecule has 6 nitrogen and oxygen atoms in total. The van der Waals surface area contributed by atoms with Gasteiger partial charge in [-0.2, -0.15) is 13.5 Å². The lowest BCUT2D eigenvalue weighted by Gasteiger charge is -2.19. The molecule has 0 amide bonds. The van der Waals surface area contributed by atoms with Crippen molar-refractivity contribution in [3.63, 3.8) is 0 Å². The maximum atomic E-state index is 11.3. The van der Waals surface area contributed by atoms with Gasteiger partial charge in [0.2, 0.25) is 0 Å². The van der Waals surface area contributed by atoms with Crippen molar-refractivity contribution in [1.82, 2.24) is 0 Å². The van der Waals surface area contributed by atoms with Gasteiger partial charge in [-0.15, -0.1) is 5.11 Å². The van der Waals surface area contributed by atoms with Crippen LogP contribution >= 0.6 is 0 Å². The summed E-state index contributed by atoms with van der Waals surface area (Å²) in [7, 11) is -4.32. The summed E-state index contributed by atoms with van der Waals surface area (Å²) in [6, 6.07) is 9.45. The Balaban J connectivity index is 2.42. The van der Waals surface area contributed by atoms with E-state index in [0.29, 0.717) is 5.56 Å². The zero-order valence-electron chi connectivity index (χ0n) is 14.0. The molecule has 0 aliphatic rings. The van der Waals surface area contributed by atoms with Crippen molar-refractivity contribution in [2.75, 3.05) is 0 Å². The van der Waals surface area contributed by atoms with E-state index in [2.05, 4.69) is 10.2 Å². The predicted molar refractivity (Wildman–Crippen MR) is 92.0 cm³/mol. The number of hydrogen-bond acceptors (Lipinski definition) is 5. The molecule has 0 spiro atoms. The van der Waals surface area contributed by atoms with Gasteiger partial charge in [0, 0.05) is 0 Å². The molecular weight excluding hydrogens is 328 g/mol. The fraction of sp³-hybridized carbons (Fsp3) is 0.294. The van der Waals surface area contributed by atoms with Crippen molar-refractivity contribution in [2.45, 2.75) is 38.0 Å². The Labute approximate surface area is 141 Å². The van der Waals surface area contributed by atoms with E-state index in [1.54, 1.807) is 25.1 Å². The summed E-state index contributed by atoms with van der Waals surface area (Å²) in [6.07, 6.45) is 0. The number of nitrogens with zero attached hydrogens (tertiary/aromatic N) is 2. The third kappa shape index (κ3) is 4.18. The fourth-order valence-electron chi connectivity index (χ4n) is 2.11. The van der Waals surface area contributed by atoms with Gasteiger partial charge in [0.25, 0.3) is 10.1 Å². The summed E-state index contributed by atoms with van der Waals surface area (Å²) >= 11 is 0. The van der Waals surface area contributed by atoms with Gasteiger partial charge in [-0.3, -0.25) is 4.55 Å². The smallest absolute Gasteiger partial charge is 0.294 e. The molecule has 0 bridgehead atoms.